The number of hydrogen-bond donors (Lipinski definition) is 1. The maximum atomic E-state index is 10.3. The average molecular weight is 144 g/mol. The number of nitroso groups, excluding NO2 is 1. The van der Waals surface area contributed by atoms with Gasteiger partial charge in [0.15, 0.2) is 0 Å². The fourth-order valence-corrected chi connectivity index (χ4v) is 1.02. The largest absolute Gasteiger partial charge is 0.481 e. The van der Waals surface area contributed by atoms with E-state index in [-0.39, 0.29) is 6.54 Å². The maximum Gasteiger partial charge on any atom is 0.308 e. The molecule has 10 heavy (non-hydrogen) atoms. The summed E-state index contributed by atoms with van der Waals surface area (Å²) in [5.41, 5.74) is 0. The minimum absolute atomic E-state index is 0.263. The Morgan fingerprint density at radius 2 is 2.40 bits per heavy atom. The van der Waals surface area contributed by atoms with Crippen molar-refractivity contribution in [3.63, 3.8) is 0 Å². The second-order valence-corrected chi connectivity index (χ2v) is 2.32. The Hall–Kier alpha value is -1.13. The van der Waals surface area contributed by atoms with Crippen molar-refractivity contribution in [2.75, 3.05) is 13.1 Å². The summed E-state index contributed by atoms with van der Waals surface area (Å²) < 4.78 is 0. The summed E-state index contributed by atoms with van der Waals surface area (Å²) in [6.45, 7) is 0.735. The quantitative estimate of drug-likeness (QED) is 0.557. The molecule has 1 heterocycles. The van der Waals surface area contributed by atoms with Gasteiger partial charge in [0, 0.05) is 6.54 Å². The molecule has 0 saturated carbocycles. The van der Waals surface area contributed by atoms with E-state index in [1.54, 1.807) is 0 Å². The Morgan fingerprint density at radius 3 is 2.70 bits per heavy atom. The van der Waals surface area contributed by atoms with Crippen LogP contribution in [0.2, 0.25) is 0 Å². The first-order valence-corrected chi connectivity index (χ1v) is 3.05. The summed E-state index contributed by atoms with van der Waals surface area (Å²) in [4.78, 5) is 20.2. The third-order valence-corrected chi connectivity index (χ3v) is 1.63. The number of carboxylic acids is 1. The van der Waals surface area contributed by atoms with Crippen LogP contribution in [0.25, 0.3) is 0 Å². The van der Waals surface area contributed by atoms with Gasteiger partial charge in [-0.1, -0.05) is 0 Å². The molecule has 1 unspecified atom stereocenters. The fourth-order valence-electron chi connectivity index (χ4n) is 1.02. The normalized spacial score (nSPS) is 24.8. The van der Waals surface area contributed by atoms with E-state index in [1.807, 2.05) is 0 Å². The summed E-state index contributed by atoms with van der Waals surface area (Å²) in [7, 11) is 0. The molecule has 0 aromatic carbocycles. The van der Waals surface area contributed by atoms with Gasteiger partial charge in [-0.15, -0.1) is 4.91 Å². The highest BCUT2D eigenvalue weighted by Gasteiger charge is 2.27. The van der Waals surface area contributed by atoms with E-state index in [4.69, 9.17) is 5.11 Å². The minimum Gasteiger partial charge on any atom is -0.481 e. The smallest absolute Gasteiger partial charge is 0.308 e. The van der Waals surface area contributed by atoms with Crippen LogP contribution in [0.3, 0.4) is 0 Å². The first kappa shape index (κ1) is 6.98. The summed E-state index contributed by atoms with van der Waals surface area (Å²) in [5, 5.41) is 12.3. The first-order valence-electron chi connectivity index (χ1n) is 3.05. The van der Waals surface area contributed by atoms with Gasteiger partial charge in [-0.2, -0.15) is 0 Å². The van der Waals surface area contributed by atoms with Crippen LogP contribution in [-0.4, -0.2) is 29.2 Å². The molecule has 0 spiro atoms. The van der Waals surface area contributed by atoms with Gasteiger partial charge < -0.3 is 5.11 Å². The van der Waals surface area contributed by atoms with Crippen LogP contribution in [0.5, 0.6) is 0 Å². The zero-order chi connectivity index (χ0) is 7.56. The van der Waals surface area contributed by atoms with Gasteiger partial charge in [-0.05, 0) is 6.42 Å². The Labute approximate surface area is 57.6 Å². The van der Waals surface area contributed by atoms with Crippen molar-refractivity contribution >= 4 is 5.97 Å². The monoisotopic (exact) mass is 144 g/mol. The molecule has 0 aromatic rings. The van der Waals surface area contributed by atoms with Gasteiger partial charge in [-0.25, -0.2) is 0 Å². The second kappa shape index (κ2) is 2.64. The van der Waals surface area contributed by atoms with Crippen LogP contribution in [0.15, 0.2) is 5.29 Å². The van der Waals surface area contributed by atoms with Crippen LogP contribution in [0, 0.1) is 10.8 Å². The summed E-state index contributed by atoms with van der Waals surface area (Å²) in [6, 6.07) is 0. The van der Waals surface area contributed by atoms with Crippen molar-refractivity contribution in [3.8, 4) is 0 Å². The molecule has 1 aliphatic heterocycles. The zero-order valence-electron chi connectivity index (χ0n) is 5.36. The van der Waals surface area contributed by atoms with Crippen molar-refractivity contribution in [3.05, 3.63) is 4.91 Å². The molecule has 1 fully saturated rings. The van der Waals surface area contributed by atoms with E-state index in [0.29, 0.717) is 13.0 Å². The van der Waals surface area contributed by atoms with Gasteiger partial charge >= 0.3 is 5.97 Å². The SMILES string of the molecule is O=NN1CCC(C(=O)O)C1. The highest BCUT2D eigenvalue weighted by atomic mass is 16.4. The lowest BCUT2D eigenvalue weighted by molar-refractivity contribution is -0.141. The lowest BCUT2D eigenvalue weighted by atomic mass is 10.1. The van der Waals surface area contributed by atoms with Crippen molar-refractivity contribution in [2.24, 2.45) is 11.2 Å². The second-order valence-electron chi connectivity index (χ2n) is 2.32. The Balaban J connectivity index is 2.42. The third-order valence-electron chi connectivity index (χ3n) is 1.63. The molecule has 1 atom stereocenters. The highest BCUT2D eigenvalue weighted by Crippen LogP contribution is 2.15. The molecule has 5 heteroatoms. The molecule has 0 bridgehead atoms. The minimum atomic E-state index is -0.842. The molecule has 0 amide bonds. The molecule has 56 valence electrons. The summed E-state index contributed by atoms with van der Waals surface area (Å²) in [5.74, 6) is -1.25. The number of carbonyl (C=O) groups is 1. The van der Waals surface area contributed by atoms with E-state index in [9.17, 15) is 9.70 Å². The topological polar surface area (TPSA) is 70.0 Å². The van der Waals surface area contributed by atoms with Gasteiger partial charge in [-0.3, -0.25) is 9.80 Å². The lowest BCUT2D eigenvalue weighted by Crippen LogP contribution is -2.17. The van der Waals surface area contributed by atoms with E-state index in [1.165, 1.54) is 5.01 Å². The average Bonchev–Trinajstić information content (AvgIpc) is 2.34. The van der Waals surface area contributed by atoms with Crippen molar-refractivity contribution in [2.45, 2.75) is 6.42 Å². The van der Waals surface area contributed by atoms with E-state index < -0.39 is 11.9 Å². The molecule has 5 nitrogen and oxygen atoms in total. The van der Waals surface area contributed by atoms with Crippen LogP contribution < -0.4 is 0 Å². The third kappa shape index (κ3) is 1.23. The van der Waals surface area contributed by atoms with E-state index in [2.05, 4.69) is 5.29 Å². The number of hydrogen-bond acceptors (Lipinski definition) is 3. The number of aliphatic carboxylic acids is 1. The molecule has 0 aromatic heterocycles. The molecule has 0 aliphatic carbocycles. The van der Waals surface area contributed by atoms with E-state index >= 15 is 0 Å². The Morgan fingerprint density at radius 1 is 1.70 bits per heavy atom. The summed E-state index contributed by atoms with van der Waals surface area (Å²) >= 11 is 0. The van der Waals surface area contributed by atoms with Crippen LogP contribution in [0.4, 0.5) is 0 Å². The Kier molecular flexibility index (Phi) is 1.84. The standard InChI is InChI=1S/C5H8N2O3/c8-5(9)4-1-2-7(3-4)6-10/h4H,1-3H2,(H,8,9). The van der Waals surface area contributed by atoms with Gasteiger partial charge in [0.05, 0.1) is 17.7 Å². The highest BCUT2D eigenvalue weighted by molar-refractivity contribution is 5.70. The number of carboxylic acid groups (broad SMARTS) is 1. The number of rotatable bonds is 2. The summed E-state index contributed by atoms with van der Waals surface area (Å²) in [6.07, 6.45) is 0.529. The Bertz CT molecular complexity index is 159. The van der Waals surface area contributed by atoms with Gasteiger partial charge in [0.25, 0.3) is 0 Å². The van der Waals surface area contributed by atoms with Crippen molar-refractivity contribution in [1.82, 2.24) is 5.01 Å². The molecule has 1 rings (SSSR count). The van der Waals surface area contributed by atoms with Gasteiger partial charge in [0.1, 0.15) is 0 Å². The zero-order valence-corrected chi connectivity index (χ0v) is 5.36. The predicted octanol–water partition coefficient (Wildman–Crippen LogP) is 0.0743. The van der Waals surface area contributed by atoms with E-state index in [0.717, 1.165) is 0 Å². The van der Waals surface area contributed by atoms with Crippen molar-refractivity contribution < 1.29 is 9.90 Å². The molecular formula is C5H8N2O3. The molecule has 1 saturated heterocycles. The fraction of sp³-hybridized carbons (Fsp3) is 0.800. The lowest BCUT2D eigenvalue weighted by Gasteiger charge is -2.03. The molecule has 1 N–H and O–H groups in total. The van der Waals surface area contributed by atoms with Gasteiger partial charge in [0.2, 0.25) is 0 Å². The van der Waals surface area contributed by atoms with Crippen LogP contribution >= 0.6 is 0 Å². The maximum absolute atomic E-state index is 10.3. The molecule has 0 radical (unpaired) electrons. The van der Waals surface area contributed by atoms with Crippen LogP contribution in [0.1, 0.15) is 6.42 Å². The van der Waals surface area contributed by atoms with Crippen LogP contribution in [-0.2, 0) is 4.79 Å². The molecule has 1 aliphatic rings. The first-order chi connectivity index (χ1) is 4.74. The predicted molar refractivity (Wildman–Crippen MR) is 33.1 cm³/mol. The van der Waals surface area contributed by atoms with Crippen molar-refractivity contribution in [1.29, 1.82) is 0 Å². The molecular weight excluding hydrogens is 136 g/mol. The number of nitrogens with zero attached hydrogens (tertiary/aromatic N) is 2.